The van der Waals surface area contributed by atoms with Gasteiger partial charge >= 0.3 is 0 Å². The molecule has 2 aromatic rings. The zero-order chi connectivity index (χ0) is 13.1. The summed E-state index contributed by atoms with van der Waals surface area (Å²) < 4.78 is 0. The van der Waals surface area contributed by atoms with Crippen LogP contribution in [0.5, 0.6) is 0 Å². The van der Waals surface area contributed by atoms with E-state index >= 15 is 0 Å². The second-order valence-electron chi connectivity index (χ2n) is 4.20. The molecule has 0 spiro atoms. The summed E-state index contributed by atoms with van der Waals surface area (Å²) >= 11 is 0. The van der Waals surface area contributed by atoms with Crippen molar-refractivity contribution in [1.82, 2.24) is 0 Å². The first kappa shape index (κ1) is 34.7. The van der Waals surface area contributed by atoms with Gasteiger partial charge in [-0.2, -0.15) is 0 Å². The predicted molar refractivity (Wildman–Crippen MR) is 105 cm³/mol. The third-order valence-corrected chi connectivity index (χ3v) is 2.57. The molecule has 0 aliphatic carbocycles. The summed E-state index contributed by atoms with van der Waals surface area (Å²) in [5, 5.41) is 4.32. The zero-order valence-corrected chi connectivity index (χ0v) is 18.7. The molecule has 0 fully saturated rings. The van der Waals surface area contributed by atoms with Crippen LogP contribution >= 0.6 is 0 Å². The minimum atomic E-state index is 0. The van der Waals surface area contributed by atoms with E-state index in [9.17, 15) is 0 Å². The largest absolute Gasteiger partial charge is 2.00 e. The second kappa shape index (κ2) is 24.7. The quantitative estimate of drug-likeness (QED) is 0.621. The molecule has 0 saturated carbocycles. The maximum Gasteiger partial charge on any atom is 0.101 e. The molecular formula is C16H24MoN2S4-6. The number of rotatable bonds is 4. The topological polar surface area (TPSA) is 33.2 Å². The van der Waals surface area contributed by atoms with Gasteiger partial charge in [0.1, 0.15) is 13.1 Å². The fourth-order valence-corrected chi connectivity index (χ4v) is 1.70. The van der Waals surface area contributed by atoms with Crippen LogP contribution in [0, 0.1) is 0 Å². The summed E-state index contributed by atoms with van der Waals surface area (Å²) in [4.78, 5) is 0. The van der Waals surface area contributed by atoms with Gasteiger partial charge < -0.3 is 64.6 Å². The summed E-state index contributed by atoms with van der Waals surface area (Å²) in [5.74, 6) is 0. The van der Waals surface area contributed by atoms with Crippen LogP contribution in [0.3, 0.4) is 0 Å². The maximum absolute atomic E-state index is 2.16. The van der Waals surface area contributed by atoms with Crippen molar-refractivity contribution in [2.45, 2.75) is 13.1 Å². The average molecular weight is 469 g/mol. The van der Waals surface area contributed by atoms with Crippen molar-refractivity contribution < 1.29 is 31.7 Å². The van der Waals surface area contributed by atoms with Crippen molar-refractivity contribution in [3.05, 3.63) is 71.8 Å². The van der Waals surface area contributed by atoms with Crippen LogP contribution < -0.4 is 10.6 Å². The molecule has 2 aromatic carbocycles. The average Bonchev–Trinajstić information content (AvgIpc) is 2.43. The van der Waals surface area contributed by atoms with E-state index in [2.05, 4.69) is 73.3 Å². The van der Waals surface area contributed by atoms with Gasteiger partial charge in [-0.25, -0.2) is 0 Å². The van der Waals surface area contributed by atoms with Gasteiger partial charge in [-0.1, -0.05) is 60.7 Å². The minimum absolute atomic E-state index is 0. The molecule has 0 aliphatic rings. The Bertz CT molecular complexity index is 377. The molecule has 0 aliphatic heterocycles. The molecule has 134 valence electrons. The van der Waals surface area contributed by atoms with Crippen LogP contribution in [0.15, 0.2) is 60.7 Å². The molecule has 7 heteroatoms. The van der Waals surface area contributed by atoms with E-state index in [0.29, 0.717) is 0 Å². The van der Waals surface area contributed by atoms with E-state index in [-0.39, 0.29) is 75.0 Å². The van der Waals surface area contributed by atoms with Crippen molar-refractivity contribution >= 4 is 54.0 Å². The second-order valence-corrected chi connectivity index (χ2v) is 4.20. The number of nitrogens with two attached hydrogens (primary N) is 2. The van der Waals surface area contributed by atoms with E-state index in [0.717, 1.165) is 13.1 Å². The molecule has 0 atom stereocenters. The van der Waals surface area contributed by atoms with Gasteiger partial charge in [-0.3, -0.25) is 0 Å². The maximum atomic E-state index is 2.16. The van der Waals surface area contributed by atoms with Gasteiger partial charge in [0.15, 0.2) is 0 Å². The fraction of sp³-hybridized carbons (Fsp3) is 0.250. The molecule has 0 radical (unpaired) electrons. The van der Waals surface area contributed by atoms with Gasteiger partial charge in [0.05, 0.1) is 14.1 Å². The number of hydrogen-bond donors (Lipinski definition) is 2. The van der Waals surface area contributed by atoms with Gasteiger partial charge in [-0.05, 0) is 0 Å². The van der Waals surface area contributed by atoms with Crippen molar-refractivity contribution in [2.75, 3.05) is 14.1 Å². The molecule has 0 amide bonds. The van der Waals surface area contributed by atoms with Crippen molar-refractivity contribution in [3.8, 4) is 0 Å². The molecule has 0 aromatic heterocycles. The summed E-state index contributed by atoms with van der Waals surface area (Å²) in [6.45, 7) is 2.17. The summed E-state index contributed by atoms with van der Waals surface area (Å²) in [5.41, 5.74) is 2.78. The first-order valence-electron chi connectivity index (χ1n) is 6.50. The Hall–Kier alpha value is 0.448. The van der Waals surface area contributed by atoms with E-state index < -0.39 is 0 Å². The molecule has 0 unspecified atom stereocenters. The Morgan fingerprint density at radius 2 is 0.826 bits per heavy atom. The third kappa shape index (κ3) is 18.6. The summed E-state index contributed by atoms with van der Waals surface area (Å²) in [6, 6.07) is 20.9. The Labute approximate surface area is 183 Å². The summed E-state index contributed by atoms with van der Waals surface area (Å²) in [6.07, 6.45) is 0. The monoisotopic (exact) mass is 470 g/mol. The zero-order valence-electron chi connectivity index (χ0n) is 13.4. The van der Waals surface area contributed by atoms with Crippen molar-refractivity contribution in [2.24, 2.45) is 0 Å². The molecule has 0 heterocycles. The van der Waals surface area contributed by atoms with Crippen LogP contribution in [0.1, 0.15) is 11.1 Å². The van der Waals surface area contributed by atoms with Gasteiger partial charge in [0.25, 0.3) is 0 Å². The summed E-state index contributed by atoms with van der Waals surface area (Å²) in [7, 11) is 4.15. The third-order valence-electron chi connectivity index (χ3n) is 2.57. The van der Waals surface area contributed by atoms with Crippen LogP contribution in [-0.2, 0) is 88.1 Å². The Kier molecular flexibility index (Phi) is 37.3. The van der Waals surface area contributed by atoms with E-state index in [1.54, 1.807) is 0 Å². The Morgan fingerprint density at radius 3 is 1.04 bits per heavy atom. The Morgan fingerprint density at radius 1 is 0.565 bits per heavy atom. The smallest absolute Gasteiger partial charge is 0.101 e. The van der Waals surface area contributed by atoms with Crippen LogP contribution in [0.4, 0.5) is 0 Å². The molecule has 4 N–H and O–H groups in total. The molecule has 2 rings (SSSR count). The normalized spacial score (nSPS) is 7.39. The predicted octanol–water partition coefficient (Wildman–Crippen LogP) is 0.748. The van der Waals surface area contributed by atoms with Gasteiger partial charge in [0, 0.05) is 32.2 Å². The van der Waals surface area contributed by atoms with Crippen LogP contribution in [-0.4, -0.2) is 14.1 Å². The van der Waals surface area contributed by atoms with E-state index in [4.69, 9.17) is 0 Å². The molecule has 0 bridgehead atoms. The first-order valence-corrected chi connectivity index (χ1v) is 6.50. The SMILES string of the molecule is C[NH2+]Cc1ccccc1.C[NH2+]Cc1ccccc1.[Mo].[S-2].[S-2].[S-2].[S-2]. The number of quaternary nitrogens is 2. The fourth-order valence-electron chi connectivity index (χ4n) is 1.70. The van der Waals surface area contributed by atoms with Gasteiger partial charge in [-0.15, -0.1) is 0 Å². The van der Waals surface area contributed by atoms with E-state index in [1.165, 1.54) is 11.1 Å². The number of hydrogen-bond acceptors (Lipinski definition) is 0. The molecule has 0 saturated heterocycles. The van der Waals surface area contributed by atoms with Crippen LogP contribution in [0.25, 0.3) is 0 Å². The van der Waals surface area contributed by atoms with Crippen LogP contribution in [0.2, 0.25) is 0 Å². The van der Waals surface area contributed by atoms with Crippen molar-refractivity contribution in [3.63, 3.8) is 0 Å². The molecule has 2 nitrogen and oxygen atoms in total. The van der Waals surface area contributed by atoms with E-state index in [1.807, 2.05) is 12.1 Å². The standard InChI is InChI=1S/2C8H11N.Mo.4S/c2*1-9-7-8-5-3-2-4-6-8;;;;;/h2*2-6,9H,7H2,1H3;;;;;/q;;;4*-2/p+2. The minimum Gasteiger partial charge on any atom is -2.00 e. The molecular weight excluding hydrogens is 444 g/mol. The van der Waals surface area contributed by atoms with Crippen molar-refractivity contribution in [1.29, 1.82) is 0 Å². The molecule has 23 heavy (non-hydrogen) atoms. The van der Waals surface area contributed by atoms with Gasteiger partial charge in [0.2, 0.25) is 0 Å². The number of benzene rings is 2. The Balaban J connectivity index is -0.0000000771. The first-order chi connectivity index (χ1) is 8.86.